The molecule has 1 atom stereocenters. The number of esters is 1. The van der Waals surface area contributed by atoms with Crippen LogP contribution in [0.5, 0.6) is 0 Å². The minimum atomic E-state index is -3.74. The van der Waals surface area contributed by atoms with Gasteiger partial charge in [0.05, 0.1) is 7.11 Å². The van der Waals surface area contributed by atoms with E-state index in [1.165, 1.54) is 11.4 Å². The number of sulfonamides is 1. The highest BCUT2D eigenvalue weighted by molar-refractivity contribution is 7.89. The maximum absolute atomic E-state index is 13.2. The molecule has 1 aromatic heterocycles. The fourth-order valence-corrected chi connectivity index (χ4v) is 6.41. The van der Waals surface area contributed by atoms with Crippen molar-refractivity contribution < 1.29 is 17.9 Å². The van der Waals surface area contributed by atoms with Crippen LogP contribution in [0.15, 0.2) is 29.2 Å². The molecule has 24 heavy (non-hydrogen) atoms. The Hall–Kier alpha value is -1.48. The fourth-order valence-electron chi connectivity index (χ4n) is 3.10. The summed E-state index contributed by atoms with van der Waals surface area (Å²) in [6.07, 6.45) is 0.815. The molecule has 2 aromatic rings. The highest BCUT2D eigenvalue weighted by atomic mass is 32.2. The Kier molecular flexibility index (Phi) is 4.91. The van der Waals surface area contributed by atoms with Crippen molar-refractivity contribution in [2.75, 3.05) is 33.8 Å². The smallest absolute Gasteiger partial charge is 0.349 e. The molecule has 0 radical (unpaired) electrons. The van der Waals surface area contributed by atoms with Crippen LogP contribution in [-0.4, -0.2) is 52.5 Å². The highest BCUT2D eigenvalue weighted by Crippen LogP contribution is 2.38. The second-order valence-electron chi connectivity index (χ2n) is 5.82. The van der Waals surface area contributed by atoms with Crippen molar-refractivity contribution in [3.8, 4) is 0 Å². The van der Waals surface area contributed by atoms with Crippen LogP contribution in [0.25, 0.3) is 10.1 Å². The van der Waals surface area contributed by atoms with Gasteiger partial charge in [-0.1, -0.05) is 18.2 Å². The number of ether oxygens (including phenoxy) is 1. The van der Waals surface area contributed by atoms with Crippen molar-refractivity contribution >= 4 is 37.4 Å². The summed E-state index contributed by atoms with van der Waals surface area (Å²) in [4.78, 5) is 12.4. The van der Waals surface area contributed by atoms with Gasteiger partial charge in [-0.05, 0) is 32.0 Å². The summed E-state index contributed by atoms with van der Waals surface area (Å²) in [5.41, 5.74) is 0. The average Bonchev–Trinajstić information content (AvgIpc) is 3.19. The van der Waals surface area contributed by atoms with Gasteiger partial charge in [-0.3, -0.25) is 0 Å². The van der Waals surface area contributed by atoms with Crippen LogP contribution >= 0.6 is 11.3 Å². The molecule has 3 rings (SSSR count). The van der Waals surface area contributed by atoms with Gasteiger partial charge < -0.3 is 10.1 Å². The third kappa shape index (κ3) is 2.95. The summed E-state index contributed by atoms with van der Waals surface area (Å²) in [6.45, 7) is 1.72. The van der Waals surface area contributed by atoms with Crippen LogP contribution in [0.3, 0.4) is 0 Å². The predicted molar refractivity (Wildman–Crippen MR) is 94.0 cm³/mol. The summed E-state index contributed by atoms with van der Waals surface area (Å²) >= 11 is 1.16. The van der Waals surface area contributed by atoms with Crippen molar-refractivity contribution in [1.82, 2.24) is 9.62 Å². The molecule has 8 heteroatoms. The minimum absolute atomic E-state index is 0.0834. The van der Waals surface area contributed by atoms with Crippen LogP contribution in [0.1, 0.15) is 16.1 Å². The lowest BCUT2D eigenvalue weighted by Gasteiger charge is -2.17. The first-order valence-electron chi connectivity index (χ1n) is 7.73. The van der Waals surface area contributed by atoms with Gasteiger partial charge >= 0.3 is 5.97 Å². The van der Waals surface area contributed by atoms with Gasteiger partial charge in [0.1, 0.15) is 9.77 Å². The second-order valence-corrected chi connectivity index (χ2v) is 8.75. The Morgan fingerprint density at radius 1 is 1.42 bits per heavy atom. The lowest BCUT2D eigenvalue weighted by atomic mass is 10.1. The fraction of sp³-hybridized carbons (Fsp3) is 0.438. The maximum atomic E-state index is 13.2. The van der Waals surface area contributed by atoms with E-state index in [0.29, 0.717) is 18.5 Å². The van der Waals surface area contributed by atoms with E-state index in [1.807, 2.05) is 19.2 Å². The third-order valence-corrected chi connectivity index (χ3v) is 7.49. The van der Waals surface area contributed by atoms with E-state index in [1.54, 1.807) is 12.1 Å². The Morgan fingerprint density at radius 2 is 2.17 bits per heavy atom. The van der Waals surface area contributed by atoms with E-state index in [4.69, 9.17) is 4.74 Å². The molecule has 1 aliphatic heterocycles. The van der Waals surface area contributed by atoms with E-state index in [-0.39, 0.29) is 15.7 Å². The maximum Gasteiger partial charge on any atom is 0.349 e. The van der Waals surface area contributed by atoms with E-state index in [9.17, 15) is 13.2 Å². The van der Waals surface area contributed by atoms with Crippen molar-refractivity contribution in [3.63, 3.8) is 0 Å². The van der Waals surface area contributed by atoms with Crippen LogP contribution in [0.2, 0.25) is 0 Å². The first-order valence-corrected chi connectivity index (χ1v) is 9.99. The number of hydrogen-bond donors (Lipinski definition) is 1. The van der Waals surface area contributed by atoms with Gasteiger partial charge in [0.2, 0.25) is 10.0 Å². The molecule has 0 spiro atoms. The second kappa shape index (κ2) is 6.79. The monoisotopic (exact) mass is 368 g/mol. The normalized spacial score (nSPS) is 19.0. The van der Waals surface area contributed by atoms with Crippen LogP contribution < -0.4 is 5.32 Å². The number of carbonyl (C=O) groups excluding carboxylic acids is 1. The van der Waals surface area contributed by atoms with Crippen LogP contribution in [0, 0.1) is 5.92 Å². The van der Waals surface area contributed by atoms with Crippen molar-refractivity contribution in [2.45, 2.75) is 11.3 Å². The number of benzene rings is 1. The van der Waals surface area contributed by atoms with E-state index in [2.05, 4.69) is 5.32 Å². The molecule has 0 saturated carbocycles. The molecule has 1 aliphatic rings. The zero-order chi connectivity index (χ0) is 17.3. The standard InChI is InChI=1S/C16H20N2O4S2/c1-17-9-11-7-8-18(10-11)24(20,21)15-12-5-3-4-6-13(12)23-14(15)16(19)22-2/h3-6,11,17H,7-10H2,1-2H3. The van der Waals surface area contributed by atoms with Gasteiger partial charge in [-0.15, -0.1) is 11.3 Å². The summed E-state index contributed by atoms with van der Waals surface area (Å²) < 4.78 is 33.5. The first kappa shape index (κ1) is 17.3. The lowest BCUT2D eigenvalue weighted by molar-refractivity contribution is 0.0602. The summed E-state index contributed by atoms with van der Waals surface area (Å²) in [7, 11) is -0.618. The van der Waals surface area contributed by atoms with Gasteiger partial charge in [0, 0.05) is 23.2 Å². The quantitative estimate of drug-likeness (QED) is 0.816. The number of fused-ring (bicyclic) bond motifs is 1. The Morgan fingerprint density at radius 3 is 2.88 bits per heavy atom. The molecule has 130 valence electrons. The zero-order valence-electron chi connectivity index (χ0n) is 13.6. The number of rotatable bonds is 5. The average molecular weight is 368 g/mol. The first-order chi connectivity index (χ1) is 11.5. The molecule has 2 heterocycles. The zero-order valence-corrected chi connectivity index (χ0v) is 15.2. The molecule has 1 unspecified atom stereocenters. The van der Waals surface area contributed by atoms with Crippen molar-refractivity contribution in [3.05, 3.63) is 29.1 Å². The third-order valence-electron chi connectivity index (χ3n) is 4.26. The van der Waals surface area contributed by atoms with Gasteiger partial charge in [-0.2, -0.15) is 4.31 Å². The van der Waals surface area contributed by atoms with Gasteiger partial charge in [-0.25, -0.2) is 13.2 Å². The molecule has 0 bridgehead atoms. The van der Waals surface area contributed by atoms with Crippen LogP contribution in [-0.2, 0) is 14.8 Å². The molecular formula is C16H20N2O4S2. The summed E-state index contributed by atoms with van der Waals surface area (Å²) in [5.74, 6) is -0.322. The largest absolute Gasteiger partial charge is 0.465 e. The molecule has 1 saturated heterocycles. The number of carbonyl (C=O) groups is 1. The highest BCUT2D eigenvalue weighted by Gasteiger charge is 2.37. The molecule has 1 N–H and O–H groups in total. The predicted octanol–water partition coefficient (Wildman–Crippen LogP) is 1.92. The minimum Gasteiger partial charge on any atom is -0.465 e. The summed E-state index contributed by atoms with van der Waals surface area (Å²) in [6, 6.07) is 7.17. The van der Waals surface area contributed by atoms with Crippen molar-refractivity contribution in [2.24, 2.45) is 5.92 Å². The number of hydrogen-bond acceptors (Lipinski definition) is 6. The lowest BCUT2D eigenvalue weighted by Crippen LogP contribution is -2.31. The SMILES string of the molecule is CNCC1CCN(S(=O)(=O)c2c(C(=O)OC)sc3ccccc23)C1. The molecule has 0 amide bonds. The Bertz CT molecular complexity index is 860. The number of methoxy groups -OCH3 is 1. The number of nitrogens with zero attached hydrogens (tertiary/aromatic N) is 1. The molecule has 1 fully saturated rings. The number of thiophene rings is 1. The molecular weight excluding hydrogens is 348 g/mol. The topological polar surface area (TPSA) is 75.7 Å². The van der Waals surface area contributed by atoms with Gasteiger partial charge in [0.25, 0.3) is 0 Å². The van der Waals surface area contributed by atoms with E-state index >= 15 is 0 Å². The van der Waals surface area contributed by atoms with E-state index < -0.39 is 16.0 Å². The van der Waals surface area contributed by atoms with E-state index in [0.717, 1.165) is 29.0 Å². The number of nitrogens with one attached hydrogen (secondary N) is 1. The van der Waals surface area contributed by atoms with Crippen LogP contribution in [0.4, 0.5) is 0 Å². The Balaban J connectivity index is 2.09. The molecule has 1 aromatic carbocycles. The molecule has 6 nitrogen and oxygen atoms in total. The Labute approximate surface area is 145 Å². The summed E-state index contributed by atoms with van der Waals surface area (Å²) in [5, 5.41) is 3.67. The van der Waals surface area contributed by atoms with Gasteiger partial charge in [0.15, 0.2) is 0 Å². The van der Waals surface area contributed by atoms with Crippen molar-refractivity contribution in [1.29, 1.82) is 0 Å². The molecule has 0 aliphatic carbocycles.